The zero-order chi connectivity index (χ0) is 22.8. The Morgan fingerprint density at radius 3 is 2.71 bits per heavy atom. The summed E-state index contributed by atoms with van der Waals surface area (Å²) in [6.07, 6.45) is 3.72. The Morgan fingerprint density at radius 2 is 2.06 bits per heavy atom. The van der Waals surface area contributed by atoms with Gasteiger partial charge in [0.1, 0.15) is 10.8 Å². The van der Waals surface area contributed by atoms with Crippen LogP contribution in [-0.4, -0.2) is 18.4 Å². The summed E-state index contributed by atoms with van der Waals surface area (Å²) in [4.78, 5) is 25.7. The van der Waals surface area contributed by atoms with E-state index in [-0.39, 0.29) is 11.3 Å². The molecule has 1 aliphatic rings. The maximum atomic E-state index is 12.5. The average Bonchev–Trinajstić information content (AvgIpc) is 3.02. The van der Waals surface area contributed by atoms with E-state index in [9.17, 15) is 9.59 Å². The quantitative estimate of drug-likeness (QED) is 0.463. The Labute approximate surface area is 196 Å². The normalized spacial score (nSPS) is 16.0. The van der Waals surface area contributed by atoms with E-state index in [0.29, 0.717) is 35.9 Å². The first-order valence-corrected chi connectivity index (χ1v) is 12.3. The second-order valence-corrected chi connectivity index (χ2v) is 11.3. The van der Waals surface area contributed by atoms with Gasteiger partial charge >= 0.3 is 0 Å². The molecule has 0 bridgehead atoms. The summed E-state index contributed by atoms with van der Waals surface area (Å²) in [5, 5.41) is 3.51. The monoisotopic (exact) mass is 506 g/mol. The molecular weight excluding hydrogens is 476 g/mol. The van der Waals surface area contributed by atoms with E-state index in [1.165, 1.54) is 21.8 Å². The van der Waals surface area contributed by atoms with Crippen LogP contribution in [0.2, 0.25) is 0 Å². The molecule has 1 aromatic heterocycles. The van der Waals surface area contributed by atoms with Gasteiger partial charge in [-0.2, -0.15) is 0 Å². The van der Waals surface area contributed by atoms with E-state index in [2.05, 4.69) is 61.1 Å². The zero-order valence-electron chi connectivity index (χ0n) is 18.6. The number of carbonyl (C=O) groups is 2. The molecule has 5 nitrogen and oxygen atoms in total. The van der Waals surface area contributed by atoms with Gasteiger partial charge in [0, 0.05) is 11.3 Å². The van der Waals surface area contributed by atoms with Gasteiger partial charge in [-0.05, 0) is 76.2 Å². The first-order valence-electron chi connectivity index (χ1n) is 10.7. The number of halogens is 1. The number of anilines is 1. The van der Waals surface area contributed by atoms with Gasteiger partial charge in [0.05, 0.1) is 16.6 Å². The number of nitrogens with one attached hydrogen (secondary N) is 1. The molecule has 3 N–H and O–H groups in total. The van der Waals surface area contributed by atoms with Gasteiger partial charge in [0.15, 0.2) is 0 Å². The van der Waals surface area contributed by atoms with Crippen LogP contribution in [0.25, 0.3) is 0 Å². The fourth-order valence-electron chi connectivity index (χ4n) is 3.79. The Morgan fingerprint density at radius 1 is 1.32 bits per heavy atom. The minimum absolute atomic E-state index is 0.0714. The van der Waals surface area contributed by atoms with Crippen molar-refractivity contribution in [3.63, 3.8) is 0 Å². The number of hydrogen-bond donors (Lipinski definition) is 2. The number of hydrogen-bond acceptors (Lipinski definition) is 4. The summed E-state index contributed by atoms with van der Waals surface area (Å²) in [5.41, 5.74) is 8.45. The second kappa shape index (κ2) is 9.74. The van der Waals surface area contributed by atoms with Crippen molar-refractivity contribution in [3.05, 3.63) is 44.2 Å². The summed E-state index contributed by atoms with van der Waals surface area (Å²) in [6, 6.07) is 6.10. The average molecular weight is 507 g/mol. The van der Waals surface area contributed by atoms with E-state index in [1.807, 2.05) is 6.07 Å². The number of rotatable bonds is 7. The summed E-state index contributed by atoms with van der Waals surface area (Å²) in [5.74, 6) is 0.767. The number of fused-ring (bicyclic) bond motifs is 1. The van der Waals surface area contributed by atoms with Gasteiger partial charge in [0.2, 0.25) is 5.91 Å². The molecule has 1 aliphatic carbocycles. The van der Waals surface area contributed by atoms with Gasteiger partial charge in [-0.1, -0.05) is 33.8 Å². The van der Waals surface area contributed by atoms with Gasteiger partial charge in [0.25, 0.3) is 5.91 Å². The highest BCUT2D eigenvalue weighted by Crippen LogP contribution is 2.39. The number of ether oxygens (including phenoxy) is 1. The lowest BCUT2D eigenvalue weighted by molar-refractivity contribution is -0.116. The third-order valence-corrected chi connectivity index (χ3v) is 7.40. The predicted molar refractivity (Wildman–Crippen MR) is 130 cm³/mol. The SMILES string of the molecule is CC1CCc2c(sc(NC(=O)CCCOc3ccc(C(C)(C)C)cc3Br)c2C(N)=O)C1. The van der Waals surface area contributed by atoms with Gasteiger partial charge in [-0.15, -0.1) is 11.3 Å². The van der Waals surface area contributed by atoms with Crippen molar-refractivity contribution in [1.82, 2.24) is 0 Å². The van der Waals surface area contributed by atoms with Crippen LogP contribution in [0.1, 0.15) is 73.3 Å². The van der Waals surface area contributed by atoms with E-state index >= 15 is 0 Å². The highest BCUT2D eigenvalue weighted by molar-refractivity contribution is 9.10. The Hall–Kier alpha value is -1.86. The molecule has 0 saturated heterocycles. The van der Waals surface area contributed by atoms with Crippen molar-refractivity contribution in [3.8, 4) is 5.75 Å². The molecule has 1 atom stereocenters. The van der Waals surface area contributed by atoms with E-state index in [1.54, 1.807) is 0 Å². The lowest BCUT2D eigenvalue weighted by Crippen LogP contribution is -2.19. The Balaban J connectivity index is 1.54. The van der Waals surface area contributed by atoms with Crippen molar-refractivity contribution in [2.45, 2.75) is 65.2 Å². The maximum absolute atomic E-state index is 12.5. The van der Waals surface area contributed by atoms with Gasteiger partial charge in [-0.25, -0.2) is 0 Å². The van der Waals surface area contributed by atoms with Crippen LogP contribution < -0.4 is 15.8 Å². The first-order chi connectivity index (χ1) is 14.6. The minimum atomic E-state index is -0.464. The topological polar surface area (TPSA) is 81.4 Å². The highest BCUT2D eigenvalue weighted by atomic mass is 79.9. The summed E-state index contributed by atoms with van der Waals surface area (Å²) >= 11 is 5.07. The van der Waals surface area contributed by atoms with E-state index in [0.717, 1.165) is 35.0 Å². The molecule has 1 unspecified atom stereocenters. The van der Waals surface area contributed by atoms with Crippen molar-refractivity contribution in [1.29, 1.82) is 0 Å². The van der Waals surface area contributed by atoms with Crippen molar-refractivity contribution < 1.29 is 14.3 Å². The molecular formula is C24H31BrN2O3S. The molecule has 0 radical (unpaired) electrons. The molecule has 3 rings (SSSR count). The number of thiophene rings is 1. The number of carbonyl (C=O) groups excluding carboxylic acids is 2. The van der Waals surface area contributed by atoms with Crippen molar-refractivity contribution in [2.75, 3.05) is 11.9 Å². The molecule has 0 saturated carbocycles. The minimum Gasteiger partial charge on any atom is -0.492 e. The molecule has 2 aromatic rings. The van der Waals surface area contributed by atoms with E-state index in [4.69, 9.17) is 10.5 Å². The lowest BCUT2D eigenvalue weighted by Gasteiger charge is -2.20. The molecule has 1 aromatic carbocycles. The second-order valence-electron chi connectivity index (χ2n) is 9.32. The van der Waals surface area contributed by atoms with Crippen LogP contribution in [0, 0.1) is 5.92 Å². The van der Waals surface area contributed by atoms with Gasteiger partial charge in [-0.3, -0.25) is 9.59 Å². The largest absolute Gasteiger partial charge is 0.492 e. The predicted octanol–water partition coefficient (Wildman–Crippen LogP) is 5.83. The van der Waals surface area contributed by atoms with Crippen LogP contribution in [0.3, 0.4) is 0 Å². The van der Waals surface area contributed by atoms with Crippen LogP contribution in [0.4, 0.5) is 5.00 Å². The van der Waals surface area contributed by atoms with Gasteiger partial charge < -0.3 is 15.8 Å². The lowest BCUT2D eigenvalue weighted by atomic mass is 9.87. The van der Waals surface area contributed by atoms with Crippen LogP contribution >= 0.6 is 27.3 Å². The fourth-order valence-corrected chi connectivity index (χ4v) is 5.71. The smallest absolute Gasteiger partial charge is 0.251 e. The molecule has 0 aliphatic heterocycles. The zero-order valence-corrected chi connectivity index (χ0v) is 21.0. The van der Waals surface area contributed by atoms with Crippen molar-refractivity contribution in [2.24, 2.45) is 11.7 Å². The molecule has 168 valence electrons. The molecule has 7 heteroatoms. The fraction of sp³-hybridized carbons (Fsp3) is 0.500. The van der Waals surface area contributed by atoms with Crippen LogP contribution in [0.15, 0.2) is 22.7 Å². The summed E-state index contributed by atoms with van der Waals surface area (Å²) < 4.78 is 6.76. The molecule has 2 amide bonds. The molecule has 1 heterocycles. The highest BCUT2D eigenvalue weighted by Gasteiger charge is 2.27. The number of primary amides is 1. The summed E-state index contributed by atoms with van der Waals surface area (Å²) in [7, 11) is 0. The van der Waals surface area contributed by atoms with E-state index < -0.39 is 5.91 Å². The standard InChI is InChI=1S/C24H31BrN2O3S/c1-14-7-9-16-19(12-14)31-23(21(16)22(26)29)27-20(28)6-5-11-30-18-10-8-15(13-17(18)25)24(2,3)4/h8,10,13-14H,5-7,9,11-12H2,1-4H3,(H2,26,29)(H,27,28). The number of benzene rings is 1. The molecule has 0 fully saturated rings. The third kappa shape index (κ3) is 5.89. The molecule has 31 heavy (non-hydrogen) atoms. The Bertz CT molecular complexity index is 978. The molecule has 0 spiro atoms. The van der Waals surface area contributed by atoms with Crippen LogP contribution in [-0.2, 0) is 23.1 Å². The summed E-state index contributed by atoms with van der Waals surface area (Å²) in [6.45, 7) is 9.15. The maximum Gasteiger partial charge on any atom is 0.251 e. The Kier molecular flexibility index (Phi) is 7.47. The van der Waals surface area contributed by atoms with Crippen LogP contribution in [0.5, 0.6) is 5.75 Å². The number of nitrogens with two attached hydrogens (primary N) is 1. The third-order valence-electron chi connectivity index (χ3n) is 5.61. The number of amides is 2. The van der Waals surface area contributed by atoms with Crippen molar-refractivity contribution >= 4 is 44.1 Å². The first kappa shape index (κ1) is 23.8.